The molecule has 0 aliphatic rings. The van der Waals surface area contributed by atoms with Crippen LogP contribution in [-0.2, 0) is 6.54 Å². The molecule has 0 atom stereocenters. The van der Waals surface area contributed by atoms with E-state index in [4.69, 9.17) is 0 Å². The minimum Gasteiger partial charge on any atom is -0.337 e. The van der Waals surface area contributed by atoms with E-state index in [0.717, 1.165) is 16.3 Å². The first kappa shape index (κ1) is 11.7. The van der Waals surface area contributed by atoms with Gasteiger partial charge in [0.25, 0.3) is 0 Å². The molecule has 3 nitrogen and oxygen atoms in total. The monoisotopic (exact) mass is 250 g/mol. The van der Waals surface area contributed by atoms with Crippen molar-refractivity contribution in [3.05, 3.63) is 66.7 Å². The minimum atomic E-state index is 0.172. The van der Waals surface area contributed by atoms with E-state index in [2.05, 4.69) is 4.98 Å². The Bertz CT molecular complexity index is 696. The average molecular weight is 250 g/mol. The predicted molar refractivity (Wildman–Crippen MR) is 75.1 cm³/mol. The standard InChI is InChI=1S/C16H14N2O/c19-16(8-10-18-11-9-17-12-18)15-7-3-5-13-4-1-2-6-14(13)15/h1-7,9,11-12H,8,10H2. The van der Waals surface area contributed by atoms with Crippen LogP contribution in [0.2, 0.25) is 0 Å². The highest BCUT2D eigenvalue weighted by Gasteiger charge is 2.09. The van der Waals surface area contributed by atoms with E-state index < -0.39 is 0 Å². The molecule has 3 rings (SSSR count). The summed E-state index contributed by atoms with van der Waals surface area (Å²) in [4.78, 5) is 16.3. The number of aryl methyl sites for hydroxylation is 1. The average Bonchev–Trinajstić information content (AvgIpc) is 2.97. The smallest absolute Gasteiger partial charge is 0.165 e. The van der Waals surface area contributed by atoms with Gasteiger partial charge in [0.1, 0.15) is 0 Å². The maximum Gasteiger partial charge on any atom is 0.165 e. The lowest BCUT2D eigenvalue weighted by Gasteiger charge is -2.06. The van der Waals surface area contributed by atoms with Crippen LogP contribution in [-0.4, -0.2) is 15.3 Å². The van der Waals surface area contributed by atoms with Crippen molar-refractivity contribution >= 4 is 16.6 Å². The molecule has 19 heavy (non-hydrogen) atoms. The summed E-state index contributed by atoms with van der Waals surface area (Å²) in [5.74, 6) is 0.172. The molecule has 0 unspecified atom stereocenters. The number of nitrogens with zero attached hydrogens (tertiary/aromatic N) is 2. The zero-order valence-corrected chi connectivity index (χ0v) is 10.5. The lowest BCUT2D eigenvalue weighted by molar-refractivity contribution is 0.0978. The third kappa shape index (κ3) is 2.40. The molecule has 3 heteroatoms. The quantitative estimate of drug-likeness (QED) is 0.666. The number of hydrogen-bond acceptors (Lipinski definition) is 2. The van der Waals surface area contributed by atoms with Crippen molar-refractivity contribution in [3.8, 4) is 0 Å². The summed E-state index contributed by atoms with van der Waals surface area (Å²) in [5, 5.41) is 2.14. The van der Waals surface area contributed by atoms with Crippen molar-refractivity contribution in [2.24, 2.45) is 0 Å². The third-order valence-corrected chi connectivity index (χ3v) is 3.25. The van der Waals surface area contributed by atoms with Gasteiger partial charge in [-0.3, -0.25) is 4.79 Å². The van der Waals surface area contributed by atoms with Gasteiger partial charge in [0.2, 0.25) is 0 Å². The maximum atomic E-state index is 12.3. The first-order valence-electron chi connectivity index (χ1n) is 6.31. The Kier molecular flexibility index (Phi) is 3.11. The fourth-order valence-corrected chi connectivity index (χ4v) is 2.25. The lowest BCUT2D eigenvalue weighted by atomic mass is 10.00. The topological polar surface area (TPSA) is 34.9 Å². The Morgan fingerprint density at radius 1 is 1.11 bits per heavy atom. The third-order valence-electron chi connectivity index (χ3n) is 3.25. The summed E-state index contributed by atoms with van der Waals surface area (Å²) in [7, 11) is 0. The number of fused-ring (bicyclic) bond motifs is 1. The molecule has 1 heterocycles. The van der Waals surface area contributed by atoms with E-state index in [1.807, 2.05) is 53.2 Å². The second-order valence-corrected chi connectivity index (χ2v) is 4.50. The highest BCUT2D eigenvalue weighted by Crippen LogP contribution is 2.19. The van der Waals surface area contributed by atoms with Crippen molar-refractivity contribution in [3.63, 3.8) is 0 Å². The van der Waals surface area contributed by atoms with Gasteiger partial charge in [-0.2, -0.15) is 0 Å². The van der Waals surface area contributed by atoms with Crippen LogP contribution in [0.5, 0.6) is 0 Å². The summed E-state index contributed by atoms with van der Waals surface area (Å²) in [6.07, 6.45) is 5.82. The number of aromatic nitrogens is 2. The van der Waals surface area contributed by atoms with Gasteiger partial charge in [0.05, 0.1) is 6.33 Å². The molecule has 0 amide bonds. The van der Waals surface area contributed by atoms with Gasteiger partial charge in [-0.25, -0.2) is 4.98 Å². The van der Waals surface area contributed by atoms with Crippen LogP contribution in [0.15, 0.2) is 61.2 Å². The van der Waals surface area contributed by atoms with Crippen LogP contribution in [0.25, 0.3) is 10.8 Å². The number of Topliss-reactive ketones (excluding diaryl/α,β-unsaturated/α-hetero) is 1. The number of rotatable bonds is 4. The fourth-order valence-electron chi connectivity index (χ4n) is 2.25. The van der Waals surface area contributed by atoms with Crippen LogP contribution >= 0.6 is 0 Å². The number of hydrogen-bond donors (Lipinski definition) is 0. The molecule has 0 aliphatic heterocycles. The molecule has 0 N–H and O–H groups in total. The van der Waals surface area contributed by atoms with E-state index in [0.29, 0.717) is 13.0 Å². The largest absolute Gasteiger partial charge is 0.337 e. The van der Waals surface area contributed by atoms with Gasteiger partial charge in [-0.15, -0.1) is 0 Å². The summed E-state index contributed by atoms with van der Waals surface area (Å²) in [6.45, 7) is 0.669. The van der Waals surface area contributed by atoms with Crippen LogP contribution in [0.3, 0.4) is 0 Å². The van der Waals surface area contributed by atoms with Gasteiger partial charge in [0, 0.05) is 30.9 Å². The van der Waals surface area contributed by atoms with Crippen molar-refractivity contribution in [1.82, 2.24) is 9.55 Å². The van der Waals surface area contributed by atoms with Crippen molar-refractivity contribution in [2.45, 2.75) is 13.0 Å². The Hall–Kier alpha value is -2.42. The van der Waals surface area contributed by atoms with Crippen LogP contribution in [0.4, 0.5) is 0 Å². The molecule has 1 aromatic heterocycles. The highest BCUT2D eigenvalue weighted by atomic mass is 16.1. The van der Waals surface area contributed by atoms with Gasteiger partial charge in [0.15, 0.2) is 5.78 Å². The Morgan fingerprint density at radius 2 is 1.95 bits per heavy atom. The zero-order chi connectivity index (χ0) is 13.1. The maximum absolute atomic E-state index is 12.3. The number of benzene rings is 2. The normalized spacial score (nSPS) is 10.7. The number of imidazole rings is 1. The van der Waals surface area contributed by atoms with Crippen molar-refractivity contribution in [2.75, 3.05) is 0 Å². The van der Waals surface area contributed by atoms with Crippen molar-refractivity contribution < 1.29 is 4.79 Å². The molecule has 0 radical (unpaired) electrons. The van der Waals surface area contributed by atoms with Gasteiger partial charge >= 0.3 is 0 Å². The summed E-state index contributed by atoms with van der Waals surface area (Å²) < 4.78 is 1.92. The zero-order valence-electron chi connectivity index (χ0n) is 10.5. The first-order chi connectivity index (χ1) is 9.34. The summed E-state index contributed by atoms with van der Waals surface area (Å²) in [6, 6.07) is 13.9. The van der Waals surface area contributed by atoms with E-state index in [9.17, 15) is 4.79 Å². The molecule has 0 fully saturated rings. The van der Waals surface area contributed by atoms with Gasteiger partial charge < -0.3 is 4.57 Å². The molecule has 0 saturated heterocycles. The fraction of sp³-hybridized carbons (Fsp3) is 0.125. The summed E-state index contributed by atoms with van der Waals surface area (Å²) >= 11 is 0. The van der Waals surface area contributed by atoms with E-state index in [-0.39, 0.29) is 5.78 Å². The Balaban J connectivity index is 1.85. The number of carbonyl (C=O) groups is 1. The number of ketones is 1. The second-order valence-electron chi connectivity index (χ2n) is 4.50. The SMILES string of the molecule is O=C(CCn1ccnc1)c1cccc2ccccc12. The summed E-state index contributed by atoms with van der Waals surface area (Å²) in [5.41, 5.74) is 0.804. The van der Waals surface area contributed by atoms with E-state index in [1.165, 1.54) is 0 Å². The second kappa shape index (κ2) is 5.06. The lowest BCUT2D eigenvalue weighted by Crippen LogP contribution is -2.05. The van der Waals surface area contributed by atoms with Crippen LogP contribution in [0.1, 0.15) is 16.8 Å². The van der Waals surface area contributed by atoms with Gasteiger partial charge in [-0.1, -0.05) is 42.5 Å². The van der Waals surface area contributed by atoms with E-state index in [1.54, 1.807) is 12.5 Å². The molecule has 0 bridgehead atoms. The predicted octanol–water partition coefficient (Wildman–Crippen LogP) is 3.31. The van der Waals surface area contributed by atoms with Crippen molar-refractivity contribution in [1.29, 1.82) is 0 Å². The molecule has 0 aliphatic carbocycles. The Labute approximate surface area is 111 Å². The van der Waals surface area contributed by atoms with Crippen LogP contribution in [0, 0.1) is 0 Å². The number of carbonyl (C=O) groups excluding carboxylic acids is 1. The molecule has 94 valence electrons. The highest BCUT2D eigenvalue weighted by molar-refractivity contribution is 6.08. The molecular weight excluding hydrogens is 236 g/mol. The van der Waals surface area contributed by atoms with Gasteiger partial charge in [-0.05, 0) is 10.8 Å². The molecule has 0 spiro atoms. The van der Waals surface area contributed by atoms with Crippen LogP contribution < -0.4 is 0 Å². The molecule has 0 saturated carbocycles. The van der Waals surface area contributed by atoms with E-state index >= 15 is 0 Å². The molecule has 3 aromatic rings. The molecular formula is C16H14N2O. The first-order valence-corrected chi connectivity index (χ1v) is 6.31. The Morgan fingerprint density at radius 3 is 2.79 bits per heavy atom. The minimum absolute atomic E-state index is 0.172. The molecule has 2 aromatic carbocycles.